The van der Waals surface area contributed by atoms with Gasteiger partial charge in [0.25, 0.3) is 0 Å². The zero-order valence-corrected chi connectivity index (χ0v) is 16.3. The molecule has 5 nitrogen and oxygen atoms in total. The molecule has 0 aliphatic rings. The molecule has 26 heavy (non-hydrogen) atoms. The lowest BCUT2D eigenvalue weighted by molar-refractivity contribution is 0.474. The number of aromatic nitrogens is 3. The second-order valence-electron chi connectivity index (χ2n) is 5.86. The molecule has 0 unspecified atom stereocenters. The first-order valence-corrected chi connectivity index (χ1v) is 8.63. The SMILES string of the molecule is CC(C)(c1ccc(O)cc1)c1ccc(O)cc1.Clc1nc(Cl)nc(Cl)n1. The molecule has 0 aliphatic heterocycles. The fourth-order valence-electron chi connectivity index (χ4n) is 2.23. The number of phenolic OH excluding ortho intramolecular Hbond substituents is 2. The van der Waals surface area contributed by atoms with E-state index in [-0.39, 0.29) is 32.8 Å². The maximum atomic E-state index is 9.30. The van der Waals surface area contributed by atoms with Crippen LogP contribution in [0.15, 0.2) is 48.5 Å². The van der Waals surface area contributed by atoms with E-state index in [1.165, 1.54) is 0 Å². The summed E-state index contributed by atoms with van der Waals surface area (Å²) in [7, 11) is 0. The number of halogens is 3. The first kappa shape index (κ1) is 20.2. The molecule has 2 aromatic carbocycles. The van der Waals surface area contributed by atoms with Crippen LogP contribution in [0, 0.1) is 0 Å². The van der Waals surface area contributed by atoms with Gasteiger partial charge in [-0.15, -0.1) is 0 Å². The van der Waals surface area contributed by atoms with E-state index >= 15 is 0 Å². The highest BCUT2D eigenvalue weighted by Crippen LogP contribution is 2.32. The van der Waals surface area contributed by atoms with Crippen LogP contribution in [0.25, 0.3) is 0 Å². The second-order valence-corrected chi connectivity index (χ2v) is 6.88. The minimum absolute atomic E-state index is 0.000000000000000444. The number of aromatic hydroxyl groups is 2. The van der Waals surface area contributed by atoms with E-state index in [0.717, 1.165) is 11.1 Å². The van der Waals surface area contributed by atoms with Crippen LogP contribution >= 0.6 is 34.8 Å². The van der Waals surface area contributed by atoms with Crippen molar-refractivity contribution in [1.82, 2.24) is 15.0 Å². The summed E-state index contributed by atoms with van der Waals surface area (Å²) in [5.41, 5.74) is 2.10. The van der Waals surface area contributed by atoms with Crippen molar-refractivity contribution in [1.29, 1.82) is 0 Å². The molecule has 2 N–H and O–H groups in total. The molecule has 0 atom stereocenters. The normalized spacial score (nSPS) is 10.8. The van der Waals surface area contributed by atoms with E-state index in [0.29, 0.717) is 0 Å². The predicted octanol–water partition coefficient (Wildman–Crippen LogP) is 5.26. The first-order chi connectivity index (χ1) is 12.2. The third-order valence-corrected chi connectivity index (χ3v) is 4.24. The molecule has 0 aliphatic carbocycles. The van der Waals surface area contributed by atoms with Crippen LogP contribution in [0.3, 0.4) is 0 Å². The second kappa shape index (κ2) is 8.54. The smallest absolute Gasteiger partial charge is 0.227 e. The summed E-state index contributed by atoms with van der Waals surface area (Å²) in [5.74, 6) is 0.547. The molecule has 0 amide bonds. The van der Waals surface area contributed by atoms with Gasteiger partial charge in [0.05, 0.1) is 0 Å². The zero-order chi connectivity index (χ0) is 19.3. The van der Waals surface area contributed by atoms with Crippen molar-refractivity contribution < 1.29 is 10.2 Å². The molecule has 0 radical (unpaired) electrons. The lowest BCUT2D eigenvalue weighted by atomic mass is 9.78. The van der Waals surface area contributed by atoms with E-state index in [1.54, 1.807) is 24.3 Å². The van der Waals surface area contributed by atoms with Crippen molar-refractivity contribution in [2.24, 2.45) is 0 Å². The number of hydrogen-bond donors (Lipinski definition) is 2. The van der Waals surface area contributed by atoms with Crippen molar-refractivity contribution in [2.75, 3.05) is 0 Å². The number of nitrogens with zero attached hydrogens (tertiary/aromatic N) is 3. The molecule has 0 fully saturated rings. The van der Waals surface area contributed by atoms with Gasteiger partial charge in [-0.3, -0.25) is 0 Å². The Bertz CT molecular complexity index is 772. The van der Waals surface area contributed by atoms with Crippen LogP contribution in [0.1, 0.15) is 25.0 Å². The van der Waals surface area contributed by atoms with Crippen LogP contribution in [0.2, 0.25) is 15.9 Å². The molecule has 0 spiro atoms. The Kier molecular flexibility index (Phi) is 6.64. The van der Waals surface area contributed by atoms with Gasteiger partial charge in [-0.25, -0.2) is 0 Å². The van der Waals surface area contributed by atoms with Gasteiger partial charge in [-0.1, -0.05) is 38.1 Å². The number of hydrogen-bond acceptors (Lipinski definition) is 5. The Labute approximate surface area is 166 Å². The number of rotatable bonds is 2. The van der Waals surface area contributed by atoms with E-state index in [9.17, 15) is 10.2 Å². The van der Waals surface area contributed by atoms with Crippen LogP contribution < -0.4 is 0 Å². The fourth-order valence-corrected chi connectivity index (χ4v) is 2.84. The van der Waals surface area contributed by atoms with Gasteiger partial charge in [-0.2, -0.15) is 15.0 Å². The summed E-state index contributed by atoms with van der Waals surface area (Å²) in [6.07, 6.45) is 0. The Morgan fingerprint density at radius 2 is 0.885 bits per heavy atom. The van der Waals surface area contributed by atoms with Crippen molar-refractivity contribution in [3.05, 3.63) is 75.5 Å². The van der Waals surface area contributed by atoms with Crippen LogP contribution in [-0.4, -0.2) is 25.2 Å². The van der Waals surface area contributed by atoms with E-state index in [2.05, 4.69) is 28.8 Å². The van der Waals surface area contributed by atoms with Gasteiger partial charge in [0, 0.05) is 5.41 Å². The zero-order valence-electron chi connectivity index (χ0n) is 14.0. The van der Waals surface area contributed by atoms with Gasteiger partial charge in [0.1, 0.15) is 11.5 Å². The topological polar surface area (TPSA) is 79.1 Å². The molecule has 8 heteroatoms. The summed E-state index contributed by atoms with van der Waals surface area (Å²) in [5, 5.41) is 18.6. The van der Waals surface area contributed by atoms with Crippen molar-refractivity contribution >= 4 is 34.8 Å². The Balaban J connectivity index is 0.000000228. The molecule has 1 aromatic heterocycles. The lowest BCUT2D eigenvalue weighted by Crippen LogP contribution is -2.18. The van der Waals surface area contributed by atoms with E-state index in [4.69, 9.17) is 34.8 Å². The van der Waals surface area contributed by atoms with Crippen LogP contribution in [0.4, 0.5) is 0 Å². The van der Waals surface area contributed by atoms with Crippen molar-refractivity contribution in [3.63, 3.8) is 0 Å². The predicted molar refractivity (Wildman–Crippen MR) is 103 cm³/mol. The van der Waals surface area contributed by atoms with E-state index in [1.807, 2.05) is 24.3 Å². The fraction of sp³-hybridized carbons (Fsp3) is 0.167. The van der Waals surface area contributed by atoms with E-state index < -0.39 is 0 Å². The Hall–Kier alpha value is -2.08. The largest absolute Gasteiger partial charge is 0.508 e. The summed E-state index contributed by atoms with van der Waals surface area (Å²) in [4.78, 5) is 10.4. The Morgan fingerprint density at radius 3 is 1.15 bits per heavy atom. The van der Waals surface area contributed by atoms with Crippen LogP contribution in [0.5, 0.6) is 11.5 Å². The first-order valence-electron chi connectivity index (χ1n) is 7.50. The minimum Gasteiger partial charge on any atom is -0.508 e. The molecule has 0 saturated heterocycles. The lowest BCUT2D eigenvalue weighted by Gasteiger charge is -2.26. The molecule has 136 valence electrons. The molecule has 0 bridgehead atoms. The third kappa shape index (κ3) is 5.46. The third-order valence-electron chi connectivity index (χ3n) is 3.73. The molecule has 3 rings (SSSR count). The maximum Gasteiger partial charge on any atom is 0.227 e. The highest BCUT2D eigenvalue weighted by molar-refractivity contribution is 6.33. The summed E-state index contributed by atoms with van der Waals surface area (Å²) >= 11 is 16.0. The standard InChI is InChI=1S/C15H16O2.C3Cl3N3/c1-15(2,11-3-7-13(16)8-4-11)12-5-9-14(17)10-6-12;4-1-7-2(5)9-3(6)8-1/h3-10,16-17H,1-2H3;. The summed E-state index contributed by atoms with van der Waals surface area (Å²) in [6.45, 7) is 4.23. The van der Waals surface area contributed by atoms with Gasteiger partial charge in [0.2, 0.25) is 15.9 Å². The van der Waals surface area contributed by atoms with Crippen molar-refractivity contribution in [2.45, 2.75) is 19.3 Å². The number of phenols is 2. The summed E-state index contributed by atoms with van der Waals surface area (Å²) in [6, 6.07) is 14.4. The van der Waals surface area contributed by atoms with Crippen molar-refractivity contribution in [3.8, 4) is 11.5 Å². The quantitative estimate of drug-likeness (QED) is 0.600. The highest BCUT2D eigenvalue weighted by atomic mass is 35.5. The van der Waals surface area contributed by atoms with Gasteiger partial charge in [0.15, 0.2) is 0 Å². The summed E-state index contributed by atoms with van der Waals surface area (Å²) < 4.78 is 0. The average molecular weight is 413 g/mol. The molecule has 0 saturated carbocycles. The minimum atomic E-state index is -0.151. The molecule has 1 heterocycles. The number of benzene rings is 2. The Morgan fingerprint density at radius 1 is 0.615 bits per heavy atom. The monoisotopic (exact) mass is 411 g/mol. The molecular weight excluding hydrogens is 397 g/mol. The van der Waals surface area contributed by atoms with Gasteiger partial charge in [-0.05, 0) is 70.2 Å². The van der Waals surface area contributed by atoms with Gasteiger partial charge < -0.3 is 10.2 Å². The highest BCUT2D eigenvalue weighted by Gasteiger charge is 2.22. The maximum absolute atomic E-state index is 9.30. The van der Waals surface area contributed by atoms with Crippen LogP contribution in [-0.2, 0) is 5.41 Å². The average Bonchev–Trinajstić information content (AvgIpc) is 2.55. The molecular formula is C18H16Cl3N3O2. The van der Waals surface area contributed by atoms with Gasteiger partial charge >= 0.3 is 0 Å². The molecule has 3 aromatic rings.